The summed E-state index contributed by atoms with van der Waals surface area (Å²) in [5.41, 5.74) is -0.571. The highest BCUT2D eigenvalue weighted by Crippen LogP contribution is 1.96. The minimum atomic E-state index is -1.11. The third-order valence-corrected chi connectivity index (χ3v) is 1.21. The van der Waals surface area contributed by atoms with Crippen molar-refractivity contribution >= 4 is 5.97 Å². The van der Waals surface area contributed by atoms with E-state index in [-0.39, 0.29) is 12.1 Å². The van der Waals surface area contributed by atoms with E-state index in [0.717, 1.165) is 12.1 Å². The summed E-state index contributed by atoms with van der Waals surface area (Å²) in [6, 6.07) is 1.74. The van der Waals surface area contributed by atoms with Crippen LogP contribution in [-0.4, -0.2) is 16.1 Å². The van der Waals surface area contributed by atoms with E-state index in [1.165, 1.54) is 0 Å². The fourth-order valence-corrected chi connectivity index (χ4v) is 0.822. The summed E-state index contributed by atoms with van der Waals surface area (Å²) in [7, 11) is 0. The van der Waals surface area contributed by atoms with Gasteiger partial charge in [-0.2, -0.15) is 0 Å². The van der Waals surface area contributed by atoms with Gasteiger partial charge in [-0.1, -0.05) is 0 Å². The SMILES string of the molecule is O=C(O)Cc1cc(F)cc(=O)[nH]1. The van der Waals surface area contributed by atoms with Crippen LogP contribution in [0, 0.1) is 5.82 Å². The fourth-order valence-electron chi connectivity index (χ4n) is 0.822. The Morgan fingerprint density at radius 2 is 2.25 bits per heavy atom. The average molecular weight is 171 g/mol. The van der Waals surface area contributed by atoms with Gasteiger partial charge in [-0.3, -0.25) is 9.59 Å². The summed E-state index contributed by atoms with van der Waals surface area (Å²) < 4.78 is 12.5. The lowest BCUT2D eigenvalue weighted by Crippen LogP contribution is -2.11. The van der Waals surface area contributed by atoms with Crippen molar-refractivity contribution in [3.63, 3.8) is 0 Å². The maximum absolute atomic E-state index is 12.5. The van der Waals surface area contributed by atoms with Crippen molar-refractivity contribution in [1.82, 2.24) is 4.98 Å². The van der Waals surface area contributed by atoms with Gasteiger partial charge in [0, 0.05) is 11.8 Å². The van der Waals surface area contributed by atoms with Crippen LogP contribution in [0.25, 0.3) is 0 Å². The monoisotopic (exact) mass is 171 g/mol. The second kappa shape index (κ2) is 3.17. The number of aromatic amines is 1. The van der Waals surface area contributed by atoms with Crippen molar-refractivity contribution in [3.8, 4) is 0 Å². The Kier molecular flexibility index (Phi) is 2.23. The Balaban J connectivity index is 3.01. The molecule has 64 valence electrons. The highest BCUT2D eigenvalue weighted by Gasteiger charge is 2.02. The smallest absolute Gasteiger partial charge is 0.309 e. The summed E-state index contributed by atoms with van der Waals surface area (Å²) in [5.74, 6) is -1.84. The van der Waals surface area contributed by atoms with E-state index in [2.05, 4.69) is 4.98 Å². The Morgan fingerprint density at radius 3 is 2.75 bits per heavy atom. The van der Waals surface area contributed by atoms with Crippen molar-refractivity contribution in [1.29, 1.82) is 0 Å². The maximum Gasteiger partial charge on any atom is 0.309 e. The van der Waals surface area contributed by atoms with Gasteiger partial charge in [0.2, 0.25) is 0 Å². The molecule has 0 bridgehead atoms. The third-order valence-electron chi connectivity index (χ3n) is 1.21. The molecule has 0 saturated carbocycles. The van der Waals surface area contributed by atoms with Crippen LogP contribution < -0.4 is 5.56 Å². The molecule has 0 unspecified atom stereocenters. The summed E-state index contributed by atoms with van der Waals surface area (Å²) in [4.78, 5) is 23.0. The minimum absolute atomic E-state index is 0.0625. The van der Waals surface area contributed by atoms with Crippen LogP contribution in [0.2, 0.25) is 0 Å². The van der Waals surface area contributed by atoms with Gasteiger partial charge in [0.15, 0.2) is 0 Å². The number of hydrogen-bond donors (Lipinski definition) is 2. The predicted molar refractivity (Wildman–Crippen MR) is 38.4 cm³/mol. The van der Waals surface area contributed by atoms with Gasteiger partial charge in [-0.15, -0.1) is 0 Å². The zero-order chi connectivity index (χ0) is 9.14. The van der Waals surface area contributed by atoms with E-state index >= 15 is 0 Å². The zero-order valence-electron chi connectivity index (χ0n) is 6.00. The Morgan fingerprint density at radius 1 is 1.58 bits per heavy atom. The van der Waals surface area contributed by atoms with Crippen molar-refractivity contribution in [3.05, 3.63) is 34.0 Å². The first-order valence-electron chi connectivity index (χ1n) is 3.18. The molecule has 4 nitrogen and oxygen atoms in total. The van der Waals surface area contributed by atoms with Gasteiger partial charge in [0.25, 0.3) is 5.56 Å². The second-order valence-corrected chi connectivity index (χ2v) is 2.26. The Bertz CT molecular complexity index is 358. The summed E-state index contributed by atoms with van der Waals surface area (Å²) >= 11 is 0. The number of rotatable bonds is 2. The van der Waals surface area contributed by atoms with Crippen LogP contribution in [0.5, 0.6) is 0 Å². The maximum atomic E-state index is 12.5. The molecule has 0 amide bonds. The molecule has 5 heteroatoms. The number of carbonyl (C=O) groups is 1. The van der Waals surface area contributed by atoms with Gasteiger partial charge in [0.05, 0.1) is 6.42 Å². The Labute approximate surface area is 66.7 Å². The lowest BCUT2D eigenvalue weighted by molar-refractivity contribution is -0.136. The molecule has 12 heavy (non-hydrogen) atoms. The molecule has 0 radical (unpaired) electrons. The molecule has 0 fully saturated rings. The number of hydrogen-bond acceptors (Lipinski definition) is 2. The van der Waals surface area contributed by atoms with E-state index in [0.29, 0.717) is 0 Å². The molecule has 1 aromatic rings. The predicted octanol–water partition coefficient (Wildman–Crippen LogP) is 0.141. The van der Waals surface area contributed by atoms with Crippen LogP contribution in [0.4, 0.5) is 4.39 Å². The van der Waals surface area contributed by atoms with Crippen molar-refractivity contribution in [2.75, 3.05) is 0 Å². The minimum Gasteiger partial charge on any atom is -0.481 e. The first kappa shape index (κ1) is 8.45. The van der Waals surface area contributed by atoms with Gasteiger partial charge in [-0.25, -0.2) is 4.39 Å². The zero-order valence-corrected chi connectivity index (χ0v) is 6.00. The van der Waals surface area contributed by atoms with Gasteiger partial charge in [-0.05, 0) is 6.07 Å². The summed E-state index contributed by atoms with van der Waals surface area (Å²) in [6.07, 6.45) is -0.382. The van der Waals surface area contributed by atoms with E-state index in [1.54, 1.807) is 0 Å². The van der Waals surface area contributed by atoms with Crippen molar-refractivity contribution in [2.24, 2.45) is 0 Å². The lowest BCUT2D eigenvalue weighted by Gasteiger charge is -1.95. The largest absolute Gasteiger partial charge is 0.481 e. The molecule has 0 saturated heterocycles. The molecular weight excluding hydrogens is 165 g/mol. The number of nitrogens with one attached hydrogen (secondary N) is 1. The van der Waals surface area contributed by atoms with Gasteiger partial charge < -0.3 is 10.1 Å². The molecule has 0 aliphatic rings. The summed E-state index contributed by atoms with van der Waals surface area (Å²) in [5, 5.41) is 8.30. The fraction of sp³-hybridized carbons (Fsp3) is 0.143. The number of aromatic nitrogens is 1. The normalized spacial score (nSPS) is 9.75. The quantitative estimate of drug-likeness (QED) is 0.664. The standard InChI is InChI=1S/C7H6FNO3/c8-4-1-5(3-7(11)12)9-6(10)2-4/h1-2H,3H2,(H,9,10)(H,11,12). The average Bonchev–Trinajstić information content (AvgIpc) is 1.81. The molecule has 1 aromatic heterocycles. The summed E-state index contributed by atoms with van der Waals surface area (Å²) in [6.45, 7) is 0. The van der Waals surface area contributed by atoms with E-state index in [9.17, 15) is 14.0 Å². The van der Waals surface area contributed by atoms with Crippen molar-refractivity contribution in [2.45, 2.75) is 6.42 Å². The van der Waals surface area contributed by atoms with E-state index in [4.69, 9.17) is 5.11 Å². The van der Waals surface area contributed by atoms with Crippen LogP contribution in [0.3, 0.4) is 0 Å². The molecule has 0 atom stereocenters. The molecule has 2 N–H and O–H groups in total. The number of carboxylic acid groups (broad SMARTS) is 1. The molecular formula is C7H6FNO3. The molecule has 1 rings (SSSR count). The molecule has 1 heterocycles. The number of aliphatic carboxylic acids is 1. The number of carboxylic acids is 1. The molecule has 0 aromatic carbocycles. The number of H-pyrrole nitrogens is 1. The first-order chi connectivity index (χ1) is 5.58. The second-order valence-electron chi connectivity index (χ2n) is 2.26. The topological polar surface area (TPSA) is 70.2 Å². The Hall–Kier alpha value is -1.65. The van der Waals surface area contributed by atoms with Crippen LogP contribution in [-0.2, 0) is 11.2 Å². The van der Waals surface area contributed by atoms with Crippen LogP contribution >= 0.6 is 0 Å². The van der Waals surface area contributed by atoms with Crippen LogP contribution in [0.1, 0.15) is 5.69 Å². The molecule has 0 spiro atoms. The highest BCUT2D eigenvalue weighted by atomic mass is 19.1. The van der Waals surface area contributed by atoms with E-state index in [1.807, 2.05) is 0 Å². The van der Waals surface area contributed by atoms with Gasteiger partial charge in [0.1, 0.15) is 5.82 Å². The van der Waals surface area contributed by atoms with Gasteiger partial charge >= 0.3 is 5.97 Å². The highest BCUT2D eigenvalue weighted by molar-refractivity contribution is 5.69. The first-order valence-corrected chi connectivity index (χ1v) is 3.18. The van der Waals surface area contributed by atoms with Crippen molar-refractivity contribution < 1.29 is 14.3 Å². The molecule has 0 aliphatic heterocycles. The molecule has 0 aliphatic carbocycles. The number of halogens is 1. The van der Waals surface area contributed by atoms with E-state index < -0.39 is 17.3 Å². The third kappa shape index (κ3) is 2.19. The lowest BCUT2D eigenvalue weighted by atomic mass is 10.3. The number of pyridine rings is 1. The van der Waals surface area contributed by atoms with Crippen LogP contribution in [0.15, 0.2) is 16.9 Å².